The van der Waals surface area contributed by atoms with Gasteiger partial charge in [-0.2, -0.15) is 4.31 Å². The quantitative estimate of drug-likeness (QED) is 0.560. The van der Waals surface area contributed by atoms with Crippen LogP contribution in [0.5, 0.6) is 5.75 Å². The molecule has 0 atom stereocenters. The maximum atomic E-state index is 13.1. The first kappa shape index (κ1) is 22.0. The lowest BCUT2D eigenvalue weighted by molar-refractivity contribution is 0.0760. The lowest BCUT2D eigenvalue weighted by Crippen LogP contribution is -2.38. The molecule has 0 spiro atoms. The molecule has 1 aliphatic heterocycles. The van der Waals surface area contributed by atoms with Crippen molar-refractivity contribution in [1.29, 1.82) is 0 Å². The zero-order valence-electron chi connectivity index (χ0n) is 17.9. The van der Waals surface area contributed by atoms with Crippen LogP contribution in [-0.2, 0) is 10.0 Å². The van der Waals surface area contributed by atoms with Crippen LogP contribution in [0.1, 0.15) is 22.3 Å². The number of benzene rings is 2. The summed E-state index contributed by atoms with van der Waals surface area (Å²) in [4.78, 5) is 27.4. The molecule has 0 bridgehead atoms. The Morgan fingerprint density at radius 3 is 2.50 bits per heavy atom. The Hall–Kier alpha value is -3.17. The van der Waals surface area contributed by atoms with E-state index in [2.05, 4.69) is 0 Å². The van der Waals surface area contributed by atoms with E-state index < -0.39 is 21.6 Å². The SMILES string of the molecule is COc1cccc2cc(C(=O)N3CCCN(S(=O)(=O)c4ccc(C)cc4)CC3)c(=O)oc12. The Bertz CT molecular complexity index is 1310. The van der Waals surface area contributed by atoms with Crippen LogP contribution in [0.4, 0.5) is 0 Å². The molecule has 0 radical (unpaired) electrons. The highest BCUT2D eigenvalue weighted by atomic mass is 32.2. The molecule has 168 valence electrons. The summed E-state index contributed by atoms with van der Waals surface area (Å²) in [5, 5.41) is 0.575. The molecule has 8 nitrogen and oxygen atoms in total. The van der Waals surface area contributed by atoms with Crippen LogP contribution in [0.15, 0.2) is 62.6 Å². The smallest absolute Gasteiger partial charge is 0.349 e. The van der Waals surface area contributed by atoms with Gasteiger partial charge in [-0.05, 0) is 37.6 Å². The van der Waals surface area contributed by atoms with E-state index in [9.17, 15) is 18.0 Å². The van der Waals surface area contributed by atoms with E-state index in [1.165, 1.54) is 22.4 Å². The minimum absolute atomic E-state index is 0.0828. The number of methoxy groups -OCH3 is 1. The van der Waals surface area contributed by atoms with Crippen molar-refractivity contribution in [3.63, 3.8) is 0 Å². The summed E-state index contributed by atoms with van der Waals surface area (Å²) >= 11 is 0. The molecular weight excluding hydrogens is 432 g/mol. The Morgan fingerprint density at radius 1 is 1.03 bits per heavy atom. The summed E-state index contributed by atoms with van der Waals surface area (Å²) in [6, 6.07) is 13.3. The fraction of sp³-hybridized carbons (Fsp3) is 0.304. The van der Waals surface area contributed by atoms with E-state index in [1.807, 2.05) is 6.92 Å². The van der Waals surface area contributed by atoms with Crippen molar-refractivity contribution in [1.82, 2.24) is 9.21 Å². The first-order valence-corrected chi connectivity index (χ1v) is 11.7. The number of carbonyl (C=O) groups is 1. The molecule has 1 aliphatic rings. The predicted octanol–water partition coefficient (Wildman–Crippen LogP) is 2.65. The predicted molar refractivity (Wildman–Crippen MR) is 119 cm³/mol. The second-order valence-electron chi connectivity index (χ2n) is 7.69. The number of sulfonamides is 1. The zero-order valence-corrected chi connectivity index (χ0v) is 18.7. The van der Waals surface area contributed by atoms with Crippen LogP contribution in [-0.4, -0.2) is 56.8 Å². The molecule has 2 heterocycles. The standard InChI is InChI=1S/C23H24N2O6S/c1-16-7-9-18(10-8-16)32(28,29)25-12-4-11-24(13-14-25)22(26)19-15-17-5-3-6-20(30-2)21(17)31-23(19)27/h3,5-10,15H,4,11-14H2,1-2H3. The monoisotopic (exact) mass is 456 g/mol. The Morgan fingerprint density at radius 2 is 1.78 bits per heavy atom. The number of nitrogens with zero attached hydrogens (tertiary/aromatic N) is 2. The maximum Gasteiger partial charge on any atom is 0.349 e. The lowest BCUT2D eigenvalue weighted by Gasteiger charge is -2.22. The molecule has 32 heavy (non-hydrogen) atoms. The van der Waals surface area contributed by atoms with Gasteiger partial charge in [-0.1, -0.05) is 29.8 Å². The molecule has 2 aromatic carbocycles. The van der Waals surface area contributed by atoms with Crippen molar-refractivity contribution in [3.05, 3.63) is 70.1 Å². The van der Waals surface area contributed by atoms with E-state index in [0.29, 0.717) is 30.6 Å². The highest BCUT2D eigenvalue weighted by molar-refractivity contribution is 7.89. The van der Waals surface area contributed by atoms with E-state index in [1.54, 1.807) is 42.5 Å². The van der Waals surface area contributed by atoms with Gasteiger partial charge in [-0.25, -0.2) is 13.2 Å². The van der Waals surface area contributed by atoms with E-state index in [0.717, 1.165) is 5.56 Å². The molecule has 0 aliphatic carbocycles. The molecule has 0 unspecified atom stereocenters. The molecule has 1 amide bonds. The summed E-state index contributed by atoms with van der Waals surface area (Å²) < 4.78 is 38.0. The fourth-order valence-electron chi connectivity index (χ4n) is 3.79. The van der Waals surface area contributed by atoms with Gasteiger partial charge in [-0.3, -0.25) is 4.79 Å². The third-order valence-corrected chi connectivity index (χ3v) is 7.49. The van der Waals surface area contributed by atoms with Gasteiger partial charge in [0, 0.05) is 31.6 Å². The van der Waals surface area contributed by atoms with Gasteiger partial charge < -0.3 is 14.1 Å². The van der Waals surface area contributed by atoms with Gasteiger partial charge in [0.25, 0.3) is 5.91 Å². The third kappa shape index (κ3) is 4.13. The summed E-state index contributed by atoms with van der Waals surface area (Å²) in [5.74, 6) is -0.0663. The molecule has 3 aromatic rings. The topological polar surface area (TPSA) is 97.1 Å². The summed E-state index contributed by atoms with van der Waals surface area (Å²) in [6.45, 7) is 2.86. The first-order chi connectivity index (χ1) is 15.3. The van der Waals surface area contributed by atoms with E-state index in [-0.39, 0.29) is 29.1 Å². The van der Waals surface area contributed by atoms with Gasteiger partial charge in [0.1, 0.15) is 5.56 Å². The Kier molecular flexibility index (Phi) is 6.03. The molecule has 1 saturated heterocycles. The number of hydrogen-bond acceptors (Lipinski definition) is 6. The number of fused-ring (bicyclic) bond motifs is 1. The third-order valence-electron chi connectivity index (χ3n) is 5.58. The highest BCUT2D eigenvalue weighted by Gasteiger charge is 2.29. The Balaban J connectivity index is 1.56. The van der Waals surface area contributed by atoms with Gasteiger partial charge in [0.2, 0.25) is 10.0 Å². The fourth-order valence-corrected chi connectivity index (χ4v) is 5.26. The van der Waals surface area contributed by atoms with Gasteiger partial charge in [0.05, 0.1) is 12.0 Å². The minimum atomic E-state index is -3.66. The van der Waals surface area contributed by atoms with E-state index in [4.69, 9.17) is 9.15 Å². The van der Waals surface area contributed by atoms with Gasteiger partial charge in [0.15, 0.2) is 11.3 Å². The molecule has 0 N–H and O–H groups in total. The summed E-state index contributed by atoms with van der Waals surface area (Å²) in [5.41, 5.74) is 0.423. The van der Waals surface area contributed by atoms with Crippen molar-refractivity contribution in [2.24, 2.45) is 0 Å². The number of aryl methyl sites for hydroxylation is 1. The van der Waals surface area contributed by atoms with Crippen LogP contribution >= 0.6 is 0 Å². The maximum absolute atomic E-state index is 13.1. The molecule has 1 fully saturated rings. The number of carbonyl (C=O) groups excluding carboxylic acids is 1. The van der Waals surface area contributed by atoms with Crippen LogP contribution in [0, 0.1) is 6.92 Å². The number of hydrogen-bond donors (Lipinski definition) is 0. The van der Waals surface area contributed by atoms with Crippen LogP contribution < -0.4 is 10.4 Å². The van der Waals surface area contributed by atoms with Crippen molar-refractivity contribution in [3.8, 4) is 5.75 Å². The van der Waals surface area contributed by atoms with Crippen molar-refractivity contribution in [2.75, 3.05) is 33.3 Å². The second kappa shape index (κ2) is 8.76. The molecule has 0 saturated carbocycles. The Labute approximate surface area is 186 Å². The molecular formula is C23H24N2O6S. The van der Waals surface area contributed by atoms with Crippen LogP contribution in [0.2, 0.25) is 0 Å². The van der Waals surface area contributed by atoms with E-state index >= 15 is 0 Å². The molecule has 1 aromatic heterocycles. The van der Waals surface area contributed by atoms with Crippen LogP contribution in [0.3, 0.4) is 0 Å². The lowest BCUT2D eigenvalue weighted by atomic mass is 10.1. The minimum Gasteiger partial charge on any atom is -0.493 e. The van der Waals surface area contributed by atoms with Crippen molar-refractivity contribution < 1.29 is 22.4 Å². The number of rotatable bonds is 4. The van der Waals surface area contributed by atoms with Crippen LogP contribution in [0.25, 0.3) is 11.0 Å². The van der Waals surface area contributed by atoms with Gasteiger partial charge >= 0.3 is 5.63 Å². The summed E-state index contributed by atoms with van der Waals surface area (Å²) in [7, 11) is -2.19. The zero-order chi connectivity index (χ0) is 22.9. The normalized spacial score (nSPS) is 15.5. The number of ether oxygens (including phenoxy) is 1. The molecule has 4 rings (SSSR count). The largest absolute Gasteiger partial charge is 0.493 e. The molecule has 9 heteroatoms. The summed E-state index contributed by atoms with van der Waals surface area (Å²) in [6.07, 6.45) is 0.462. The van der Waals surface area contributed by atoms with Gasteiger partial charge in [-0.15, -0.1) is 0 Å². The highest BCUT2D eigenvalue weighted by Crippen LogP contribution is 2.25. The van der Waals surface area contributed by atoms with Crippen molar-refractivity contribution >= 4 is 26.9 Å². The first-order valence-electron chi connectivity index (χ1n) is 10.3. The second-order valence-corrected chi connectivity index (χ2v) is 9.63. The average Bonchev–Trinajstić information content (AvgIpc) is 3.05. The number of para-hydroxylation sites is 1. The van der Waals surface area contributed by atoms with Crippen molar-refractivity contribution in [2.45, 2.75) is 18.2 Å². The number of amides is 1. The average molecular weight is 457 g/mol.